The Bertz CT molecular complexity index is 1510. The molecule has 0 aromatic heterocycles. The number of hydrogen-bond acceptors (Lipinski definition) is 6. The maximum absolute atomic E-state index is 15.5. The van der Waals surface area contributed by atoms with Gasteiger partial charge in [0, 0.05) is 5.56 Å². The van der Waals surface area contributed by atoms with Crippen LogP contribution in [0.15, 0.2) is 59.2 Å². The number of carbonyl (C=O) groups is 3. The number of phenolic OH excluding ortho intramolecular Hbond substituents is 2. The van der Waals surface area contributed by atoms with Gasteiger partial charge in [0.25, 0.3) is 0 Å². The van der Waals surface area contributed by atoms with Gasteiger partial charge >= 0.3 is 0 Å². The minimum atomic E-state index is -1.60. The Labute approximate surface area is 262 Å². The van der Waals surface area contributed by atoms with Gasteiger partial charge in [-0.25, -0.2) is 0 Å². The Hall–Kier alpha value is -3.41. The summed E-state index contributed by atoms with van der Waals surface area (Å²) in [6.07, 6.45) is 6.48. The topological polar surface area (TPSA) is 112 Å². The lowest BCUT2D eigenvalue weighted by Gasteiger charge is -2.63. The summed E-state index contributed by atoms with van der Waals surface area (Å²) >= 11 is 0. The van der Waals surface area contributed by atoms with Crippen molar-refractivity contribution in [1.29, 1.82) is 0 Å². The van der Waals surface area contributed by atoms with Crippen LogP contribution in [0.5, 0.6) is 11.5 Å². The van der Waals surface area contributed by atoms with Crippen molar-refractivity contribution in [2.24, 2.45) is 39.4 Å². The van der Waals surface area contributed by atoms with Crippen molar-refractivity contribution < 1.29 is 29.7 Å². The summed E-state index contributed by atoms with van der Waals surface area (Å²) in [5, 5.41) is 31.9. The lowest BCUT2D eigenvalue weighted by atomic mass is 9.36. The molecule has 6 heteroatoms. The van der Waals surface area contributed by atoms with Gasteiger partial charge < -0.3 is 15.3 Å². The highest BCUT2D eigenvalue weighted by Crippen LogP contribution is 2.70. The van der Waals surface area contributed by atoms with Crippen LogP contribution in [0.2, 0.25) is 0 Å². The third-order valence-electron chi connectivity index (χ3n) is 11.6. The number of rotatable bonds is 7. The number of aromatic hydroxyl groups is 2. The number of aliphatic hydroxyl groups excluding tert-OH is 1. The van der Waals surface area contributed by atoms with Gasteiger partial charge in [-0.15, -0.1) is 0 Å². The number of carbonyl (C=O) groups excluding carboxylic acids is 3. The van der Waals surface area contributed by atoms with Crippen LogP contribution in [0.4, 0.5) is 0 Å². The van der Waals surface area contributed by atoms with Crippen molar-refractivity contribution in [2.45, 2.75) is 94.4 Å². The highest BCUT2D eigenvalue weighted by molar-refractivity contribution is 6.41. The standard InChI is InChI=1S/C38H50O6/c1-21(2)11-13-25-20-37(29-16-14-26(23(5)6)35(29,7)8)32(42)30(31(41)24-12-15-27(39)28(40)19-24)33(43)38(34(37)44,36(25,9)10)18-17-22(3)4/h11-12,15,17,19,25-26,29,39-41H,5,13-14,16,18,20H2,1-4,6-10H3/t25-,26-,29+,37+,38+/m0/s1. The average Bonchev–Trinajstić information content (AvgIpc) is 3.24. The first-order valence-corrected chi connectivity index (χ1v) is 15.8. The summed E-state index contributed by atoms with van der Waals surface area (Å²) in [4.78, 5) is 45.6. The summed E-state index contributed by atoms with van der Waals surface area (Å²) in [6, 6.07) is 3.70. The predicted octanol–water partition coefficient (Wildman–Crippen LogP) is 8.45. The van der Waals surface area contributed by atoms with E-state index in [1.165, 1.54) is 12.1 Å². The Morgan fingerprint density at radius 1 is 0.909 bits per heavy atom. The lowest BCUT2D eigenvalue weighted by molar-refractivity contribution is -0.184. The van der Waals surface area contributed by atoms with E-state index in [0.29, 0.717) is 12.8 Å². The number of Topliss-reactive ketones (excluding diaryl/α,β-unsaturated/α-hetero) is 3. The number of fused-ring (bicyclic) bond motifs is 2. The Morgan fingerprint density at radius 3 is 2.05 bits per heavy atom. The molecule has 1 aromatic carbocycles. The van der Waals surface area contributed by atoms with E-state index in [-0.39, 0.29) is 47.5 Å². The number of allylic oxidation sites excluding steroid dienone is 6. The zero-order valence-corrected chi connectivity index (χ0v) is 27.9. The normalized spacial score (nSPS) is 31.8. The molecular formula is C38H50O6. The average molecular weight is 603 g/mol. The van der Waals surface area contributed by atoms with Gasteiger partial charge in [0.1, 0.15) is 16.7 Å². The van der Waals surface area contributed by atoms with E-state index in [0.717, 1.165) is 29.2 Å². The molecule has 0 amide bonds. The zero-order valence-electron chi connectivity index (χ0n) is 27.9. The van der Waals surface area contributed by atoms with Gasteiger partial charge in [0.15, 0.2) is 28.8 Å². The molecule has 238 valence electrons. The molecule has 3 aliphatic carbocycles. The molecule has 0 spiro atoms. The van der Waals surface area contributed by atoms with Crippen LogP contribution >= 0.6 is 0 Å². The molecule has 0 radical (unpaired) electrons. The van der Waals surface area contributed by atoms with Gasteiger partial charge in [-0.2, -0.15) is 0 Å². The molecule has 4 rings (SSSR count). The molecular weight excluding hydrogens is 552 g/mol. The van der Waals surface area contributed by atoms with Crippen LogP contribution < -0.4 is 0 Å². The molecule has 1 aromatic rings. The number of phenols is 2. The maximum Gasteiger partial charge on any atom is 0.184 e. The van der Waals surface area contributed by atoms with Crippen molar-refractivity contribution >= 4 is 23.1 Å². The highest BCUT2D eigenvalue weighted by Gasteiger charge is 2.77. The van der Waals surface area contributed by atoms with E-state index < -0.39 is 50.5 Å². The van der Waals surface area contributed by atoms with Crippen LogP contribution in [0.25, 0.3) is 5.76 Å². The third-order valence-corrected chi connectivity index (χ3v) is 11.6. The summed E-state index contributed by atoms with van der Waals surface area (Å²) < 4.78 is 0. The largest absolute Gasteiger partial charge is 0.506 e. The van der Waals surface area contributed by atoms with Gasteiger partial charge in [0.2, 0.25) is 0 Å². The van der Waals surface area contributed by atoms with Crippen molar-refractivity contribution in [3.63, 3.8) is 0 Å². The lowest BCUT2D eigenvalue weighted by Crippen LogP contribution is -2.72. The molecule has 2 bridgehead atoms. The minimum Gasteiger partial charge on any atom is -0.506 e. The van der Waals surface area contributed by atoms with Crippen molar-refractivity contribution in [3.05, 3.63) is 64.8 Å². The summed E-state index contributed by atoms with van der Waals surface area (Å²) in [6.45, 7) is 22.3. The second kappa shape index (κ2) is 11.2. The maximum atomic E-state index is 15.5. The first-order valence-electron chi connectivity index (χ1n) is 15.8. The Morgan fingerprint density at radius 2 is 1.52 bits per heavy atom. The minimum absolute atomic E-state index is 0.0290. The summed E-state index contributed by atoms with van der Waals surface area (Å²) in [5.74, 6) is -3.49. The summed E-state index contributed by atoms with van der Waals surface area (Å²) in [7, 11) is 0. The first kappa shape index (κ1) is 33.5. The molecule has 44 heavy (non-hydrogen) atoms. The van der Waals surface area contributed by atoms with E-state index in [9.17, 15) is 15.3 Å². The van der Waals surface area contributed by atoms with Crippen molar-refractivity contribution in [2.75, 3.05) is 0 Å². The predicted molar refractivity (Wildman–Crippen MR) is 174 cm³/mol. The Kier molecular flexibility index (Phi) is 8.51. The molecule has 0 unspecified atom stereocenters. The quantitative estimate of drug-likeness (QED) is 0.0721. The van der Waals surface area contributed by atoms with Gasteiger partial charge in [-0.1, -0.05) is 63.1 Å². The smallest absolute Gasteiger partial charge is 0.184 e. The van der Waals surface area contributed by atoms with E-state index in [4.69, 9.17) is 0 Å². The van der Waals surface area contributed by atoms with Gasteiger partial charge in [-0.3, -0.25) is 14.4 Å². The van der Waals surface area contributed by atoms with Crippen molar-refractivity contribution in [3.8, 4) is 11.5 Å². The van der Waals surface area contributed by atoms with E-state index in [2.05, 4.69) is 26.5 Å². The van der Waals surface area contributed by atoms with Gasteiger partial charge in [-0.05, 0) is 114 Å². The monoisotopic (exact) mass is 602 g/mol. The van der Waals surface area contributed by atoms with E-state index in [1.54, 1.807) is 0 Å². The molecule has 6 nitrogen and oxygen atoms in total. The molecule has 0 aliphatic heterocycles. The third kappa shape index (κ3) is 4.71. The van der Waals surface area contributed by atoms with Crippen LogP contribution in [0.1, 0.15) is 100.0 Å². The molecule has 3 N–H and O–H groups in total. The van der Waals surface area contributed by atoms with Crippen LogP contribution in [-0.4, -0.2) is 32.7 Å². The molecule has 0 saturated heterocycles. The van der Waals surface area contributed by atoms with E-state index >= 15 is 14.4 Å². The molecule has 3 saturated carbocycles. The fraction of sp³-hybridized carbons (Fsp3) is 0.553. The molecule has 0 heterocycles. The Balaban J connectivity index is 2.14. The van der Waals surface area contributed by atoms with Crippen LogP contribution in [0, 0.1) is 39.4 Å². The van der Waals surface area contributed by atoms with Gasteiger partial charge in [0.05, 0.1) is 5.41 Å². The second-order valence-corrected chi connectivity index (χ2v) is 15.3. The number of benzene rings is 1. The van der Waals surface area contributed by atoms with E-state index in [1.807, 2.05) is 54.5 Å². The molecule has 3 aliphatic rings. The highest BCUT2D eigenvalue weighted by atomic mass is 16.3. The number of hydrogen-bond donors (Lipinski definition) is 3. The fourth-order valence-electron chi connectivity index (χ4n) is 9.02. The second-order valence-electron chi connectivity index (χ2n) is 15.3. The summed E-state index contributed by atoms with van der Waals surface area (Å²) in [5.41, 5.74) is -1.73. The SMILES string of the molecule is C=C(C)[C@@H]1CC[C@@H]([C@]23C[C@H](CC=C(C)C)C(C)(C)[C@](CC=C(C)C)(C(=O)C(=C(O)c4ccc(O)c(O)c4)C2=O)C3=O)C1(C)C. The van der Waals surface area contributed by atoms with Crippen LogP contribution in [-0.2, 0) is 14.4 Å². The first-order chi connectivity index (χ1) is 20.3. The van der Waals surface area contributed by atoms with Crippen molar-refractivity contribution in [1.82, 2.24) is 0 Å². The molecule has 5 atom stereocenters. The number of ketones is 3. The fourth-order valence-corrected chi connectivity index (χ4v) is 9.02. The van der Waals surface area contributed by atoms with Crippen LogP contribution in [0.3, 0.4) is 0 Å². The zero-order chi connectivity index (χ0) is 33.2. The molecule has 3 fully saturated rings. The number of aliphatic hydroxyl groups is 1.